The van der Waals surface area contributed by atoms with E-state index in [0.29, 0.717) is 17.1 Å². The van der Waals surface area contributed by atoms with Crippen molar-refractivity contribution in [2.45, 2.75) is 12.1 Å². The predicted molar refractivity (Wildman–Crippen MR) is 64.1 cm³/mol. The third-order valence-electron chi connectivity index (χ3n) is 1.88. The summed E-state index contributed by atoms with van der Waals surface area (Å²) in [5.41, 5.74) is 0.662. The number of H-pyrrole nitrogens is 1. The van der Waals surface area contributed by atoms with Gasteiger partial charge >= 0.3 is 0 Å². The summed E-state index contributed by atoms with van der Waals surface area (Å²) in [5.74, 6) is 0.599. The molecule has 90 valence electrons. The van der Waals surface area contributed by atoms with Crippen LogP contribution in [0, 0.1) is 6.92 Å². The van der Waals surface area contributed by atoms with Crippen LogP contribution in [0.5, 0.6) is 0 Å². The zero-order valence-electron chi connectivity index (χ0n) is 9.01. The average Bonchev–Trinajstić information content (AvgIpc) is 2.95. The third kappa shape index (κ3) is 3.24. The van der Waals surface area contributed by atoms with Crippen molar-refractivity contribution in [3.63, 3.8) is 0 Å². The maximum Gasteiger partial charge on any atom is 0.264 e. The van der Waals surface area contributed by atoms with Crippen molar-refractivity contribution in [3.8, 4) is 0 Å². The van der Waals surface area contributed by atoms with E-state index in [-0.39, 0.29) is 5.91 Å². The van der Waals surface area contributed by atoms with Crippen LogP contribution in [0.25, 0.3) is 0 Å². The van der Waals surface area contributed by atoms with E-state index in [2.05, 4.69) is 30.1 Å². The van der Waals surface area contributed by atoms with Crippen LogP contribution in [0.4, 0.5) is 0 Å². The molecule has 2 N–H and O–H groups in total. The summed E-state index contributed by atoms with van der Waals surface area (Å²) in [7, 11) is 0. The highest BCUT2D eigenvalue weighted by atomic mass is 32.2. The van der Waals surface area contributed by atoms with Crippen molar-refractivity contribution in [1.82, 2.24) is 30.1 Å². The molecule has 0 atom stereocenters. The standard InChI is InChI=1S/C8H10N6OS2/c1-5-6(17-14-12-5)7(15)9-2-3-16-8-10-4-11-13-8/h4H,2-3H2,1H3,(H,9,15)(H,10,11,13). The van der Waals surface area contributed by atoms with Gasteiger partial charge in [-0.1, -0.05) is 16.3 Å². The molecule has 7 nitrogen and oxygen atoms in total. The number of hydrogen-bond donors (Lipinski definition) is 2. The van der Waals surface area contributed by atoms with Gasteiger partial charge in [0.2, 0.25) is 0 Å². The molecule has 0 spiro atoms. The van der Waals surface area contributed by atoms with Crippen molar-refractivity contribution >= 4 is 29.2 Å². The molecule has 17 heavy (non-hydrogen) atoms. The van der Waals surface area contributed by atoms with Crippen LogP contribution in [-0.4, -0.2) is 43.0 Å². The number of aromatic nitrogens is 5. The molecular formula is C8H10N6OS2. The molecule has 0 aromatic carbocycles. The molecule has 0 unspecified atom stereocenters. The van der Waals surface area contributed by atoms with Crippen LogP contribution in [0.3, 0.4) is 0 Å². The summed E-state index contributed by atoms with van der Waals surface area (Å²) in [6, 6.07) is 0. The first-order valence-electron chi connectivity index (χ1n) is 4.82. The maximum atomic E-state index is 11.7. The van der Waals surface area contributed by atoms with E-state index in [1.807, 2.05) is 0 Å². The second kappa shape index (κ2) is 5.73. The monoisotopic (exact) mass is 270 g/mol. The SMILES string of the molecule is Cc1nnsc1C(=O)NCCSc1ncn[nH]1. The fourth-order valence-corrected chi connectivity index (χ4v) is 2.31. The Bertz CT molecular complexity index is 482. The molecule has 2 aromatic rings. The van der Waals surface area contributed by atoms with Gasteiger partial charge in [0.05, 0.1) is 5.69 Å². The van der Waals surface area contributed by atoms with Gasteiger partial charge in [-0.05, 0) is 18.5 Å². The predicted octanol–water partition coefficient (Wildman–Crippen LogP) is 0.487. The van der Waals surface area contributed by atoms with Gasteiger partial charge in [-0.2, -0.15) is 5.10 Å². The summed E-state index contributed by atoms with van der Waals surface area (Å²) < 4.78 is 3.71. The highest BCUT2D eigenvalue weighted by Gasteiger charge is 2.12. The number of carbonyl (C=O) groups is 1. The van der Waals surface area contributed by atoms with Gasteiger partial charge in [-0.3, -0.25) is 9.89 Å². The van der Waals surface area contributed by atoms with Crippen LogP contribution in [0.2, 0.25) is 0 Å². The highest BCUT2D eigenvalue weighted by molar-refractivity contribution is 7.99. The number of amides is 1. The molecule has 2 aromatic heterocycles. The second-order valence-corrected chi connectivity index (χ2v) is 4.92. The molecule has 2 rings (SSSR count). The molecule has 1 amide bonds. The van der Waals surface area contributed by atoms with Crippen LogP contribution in [-0.2, 0) is 0 Å². The molecule has 9 heteroatoms. The summed E-state index contributed by atoms with van der Waals surface area (Å²) in [5, 5.41) is 13.8. The quantitative estimate of drug-likeness (QED) is 0.606. The number of hydrogen-bond acceptors (Lipinski definition) is 7. The van der Waals surface area contributed by atoms with Crippen molar-refractivity contribution in [1.29, 1.82) is 0 Å². The molecular weight excluding hydrogens is 260 g/mol. The number of nitrogens with zero attached hydrogens (tertiary/aromatic N) is 4. The first-order chi connectivity index (χ1) is 8.27. The summed E-state index contributed by atoms with van der Waals surface area (Å²) in [4.78, 5) is 16.2. The lowest BCUT2D eigenvalue weighted by Crippen LogP contribution is -2.25. The zero-order valence-corrected chi connectivity index (χ0v) is 10.6. The molecule has 2 heterocycles. The van der Waals surface area contributed by atoms with Crippen LogP contribution >= 0.6 is 23.3 Å². The lowest BCUT2D eigenvalue weighted by atomic mass is 10.4. The van der Waals surface area contributed by atoms with Crippen molar-refractivity contribution in [2.75, 3.05) is 12.3 Å². The summed E-state index contributed by atoms with van der Waals surface area (Å²) >= 11 is 2.60. The zero-order chi connectivity index (χ0) is 12.1. The number of rotatable bonds is 5. The van der Waals surface area contributed by atoms with Crippen molar-refractivity contribution in [3.05, 3.63) is 16.9 Å². The Balaban J connectivity index is 1.72. The van der Waals surface area contributed by atoms with Gasteiger partial charge in [0.15, 0.2) is 5.16 Å². The molecule has 0 aliphatic rings. The Morgan fingerprint density at radius 3 is 3.18 bits per heavy atom. The lowest BCUT2D eigenvalue weighted by molar-refractivity contribution is 0.0959. The molecule has 0 aliphatic carbocycles. The Morgan fingerprint density at radius 2 is 2.53 bits per heavy atom. The van der Waals surface area contributed by atoms with Crippen molar-refractivity contribution in [2.24, 2.45) is 0 Å². The van der Waals surface area contributed by atoms with E-state index in [9.17, 15) is 4.79 Å². The van der Waals surface area contributed by atoms with Gasteiger partial charge in [-0.15, -0.1) is 5.10 Å². The number of carbonyl (C=O) groups excluding carboxylic acids is 1. The minimum atomic E-state index is -0.129. The minimum Gasteiger partial charge on any atom is -0.350 e. The Kier molecular flexibility index (Phi) is 4.04. The first kappa shape index (κ1) is 12.0. The van der Waals surface area contributed by atoms with E-state index < -0.39 is 0 Å². The third-order valence-corrected chi connectivity index (χ3v) is 3.58. The van der Waals surface area contributed by atoms with Crippen LogP contribution in [0.15, 0.2) is 11.5 Å². The Labute approximate surface area is 106 Å². The number of thioether (sulfide) groups is 1. The topological polar surface area (TPSA) is 96.5 Å². The second-order valence-electron chi connectivity index (χ2n) is 3.08. The molecule has 0 saturated heterocycles. The van der Waals surface area contributed by atoms with E-state index in [1.165, 1.54) is 18.1 Å². The van der Waals surface area contributed by atoms with E-state index in [0.717, 1.165) is 22.4 Å². The molecule has 0 saturated carbocycles. The van der Waals surface area contributed by atoms with Crippen LogP contribution in [0.1, 0.15) is 15.4 Å². The summed E-state index contributed by atoms with van der Waals surface area (Å²) in [6.07, 6.45) is 1.45. The highest BCUT2D eigenvalue weighted by Crippen LogP contribution is 2.10. The van der Waals surface area contributed by atoms with E-state index in [4.69, 9.17) is 0 Å². The minimum absolute atomic E-state index is 0.129. The van der Waals surface area contributed by atoms with Crippen LogP contribution < -0.4 is 5.32 Å². The van der Waals surface area contributed by atoms with E-state index in [1.54, 1.807) is 6.92 Å². The summed E-state index contributed by atoms with van der Waals surface area (Å²) in [6.45, 7) is 2.32. The Morgan fingerprint density at radius 1 is 1.65 bits per heavy atom. The van der Waals surface area contributed by atoms with Crippen molar-refractivity contribution < 1.29 is 4.79 Å². The largest absolute Gasteiger partial charge is 0.350 e. The van der Waals surface area contributed by atoms with Gasteiger partial charge < -0.3 is 5.32 Å². The van der Waals surface area contributed by atoms with Gasteiger partial charge in [0.1, 0.15) is 11.2 Å². The maximum absolute atomic E-state index is 11.7. The average molecular weight is 270 g/mol. The number of nitrogens with one attached hydrogen (secondary N) is 2. The molecule has 0 fully saturated rings. The van der Waals surface area contributed by atoms with E-state index >= 15 is 0 Å². The number of aromatic amines is 1. The van der Waals surface area contributed by atoms with Gasteiger partial charge in [0, 0.05) is 12.3 Å². The normalized spacial score (nSPS) is 10.4. The first-order valence-corrected chi connectivity index (χ1v) is 6.58. The fraction of sp³-hybridized carbons (Fsp3) is 0.375. The molecule has 0 radical (unpaired) electrons. The fourth-order valence-electron chi connectivity index (χ4n) is 1.10. The van der Waals surface area contributed by atoms with Gasteiger partial charge in [0.25, 0.3) is 5.91 Å². The lowest BCUT2D eigenvalue weighted by Gasteiger charge is -2.01. The van der Waals surface area contributed by atoms with Gasteiger partial charge in [-0.25, -0.2) is 4.98 Å². The Hall–Kier alpha value is -1.48. The molecule has 0 bridgehead atoms. The smallest absolute Gasteiger partial charge is 0.264 e. The number of aryl methyl sites for hydroxylation is 1. The molecule has 0 aliphatic heterocycles.